The van der Waals surface area contributed by atoms with E-state index in [1.165, 1.54) is 36.7 Å². The number of piperazine rings is 1. The molecule has 1 N–H and O–H groups in total. The topological polar surface area (TPSA) is 15.3 Å². The Morgan fingerprint density at radius 3 is 2.94 bits per heavy atom. The van der Waals surface area contributed by atoms with Gasteiger partial charge in [-0.15, -0.1) is 0 Å². The van der Waals surface area contributed by atoms with Gasteiger partial charge in [0.2, 0.25) is 0 Å². The highest BCUT2D eigenvalue weighted by Gasteiger charge is 2.18. The fourth-order valence-corrected chi connectivity index (χ4v) is 3.15. The van der Waals surface area contributed by atoms with Gasteiger partial charge in [-0.05, 0) is 17.7 Å². The average molecular weight is 264 g/mol. The molecule has 0 radical (unpaired) electrons. The molecule has 0 bridgehead atoms. The predicted molar refractivity (Wildman–Crippen MR) is 81.4 cm³/mol. The van der Waals surface area contributed by atoms with Gasteiger partial charge in [0.1, 0.15) is 0 Å². The number of hydrogen-bond acceptors (Lipinski definition) is 3. The maximum atomic E-state index is 3.64. The van der Waals surface area contributed by atoms with Crippen LogP contribution in [-0.4, -0.2) is 48.6 Å². The van der Waals surface area contributed by atoms with Crippen LogP contribution in [0.25, 0.3) is 0 Å². The van der Waals surface area contributed by atoms with Crippen LogP contribution in [0, 0.1) is 0 Å². The molecular formula is C15H24N2S. The molecule has 2 nitrogen and oxygen atoms in total. The Kier molecular flexibility index (Phi) is 6.05. The molecular weight excluding hydrogens is 240 g/mol. The van der Waals surface area contributed by atoms with Crippen molar-refractivity contribution in [3.05, 3.63) is 35.9 Å². The molecule has 100 valence electrons. The molecule has 2 rings (SSSR count). The maximum absolute atomic E-state index is 3.64. The standard InChI is InChI=1S/C15H24N2S/c1-2-18-11-10-17-9-8-16-15(13-17)12-14-6-4-3-5-7-14/h3-7,15-16H,2,8-13H2,1H3. The average Bonchev–Trinajstić information content (AvgIpc) is 2.41. The highest BCUT2D eigenvalue weighted by Crippen LogP contribution is 2.08. The monoisotopic (exact) mass is 264 g/mol. The van der Waals surface area contributed by atoms with Crippen molar-refractivity contribution in [2.24, 2.45) is 0 Å². The molecule has 3 heteroatoms. The van der Waals surface area contributed by atoms with Gasteiger partial charge in [-0.25, -0.2) is 0 Å². The number of thioether (sulfide) groups is 1. The molecule has 1 atom stereocenters. The molecule has 1 heterocycles. The highest BCUT2D eigenvalue weighted by atomic mass is 32.2. The Morgan fingerprint density at radius 1 is 1.33 bits per heavy atom. The molecule has 0 aromatic heterocycles. The number of nitrogens with zero attached hydrogens (tertiary/aromatic N) is 1. The second kappa shape index (κ2) is 7.82. The number of rotatable bonds is 6. The van der Waals surface area contributed by atoms with E-state index in [4.69, 9.17) is 0 Å². The van der Waals surface area contributed by atoms with Crippen molar-refractivity contribution < 1.29 is 0 Å². The van der Waals surface area contributed by atoms with Gasteiger partial charge in [0.15, 0.2) is 0 Å². The molecule has 1 aromatic carbocycles. The maximum Gasteiger partial charge on any atom is 0.0235 e. The number of hydrogen-bond donors (Lipinski definition) is 1. The van der Waals surface area contributed by atoms with Gasteiger partial charge in [-0.1, -0.05) is 37.3 Å². The SMILES string of the molecule is CCSCCN1CCNC(Cc2ccccc2)C1. The third kappa shape index (κ3) is 4.63. The zero-order valence-electron chi connectivity index (χ0n) is 11.3. The molecule has 1 aliphatic rings. The van der Waals surface area contributed by atoms with Crippen LogP contribution in [0.4, 0.5) is 0 Å². The first-order valence-electron chi connectivity index (χ1n) is 6.96. The van der Waals surface area contributed by atoms with E-state index < -0.39 is 0 Å². The Hall–Kier alpha value is -0.510. The minimum atomic E-state index is 0.618. The molecule has 0 amide bonds. The number of benzene rings is 1. The van der Waals surface area contributed by atoms with Crippen LogP contribution >= 0.6 is 11.8 Å². The first kappa shape index (κ1) is 13.9. The second-order valence-electron chi connectivity index (χ2n) is 4.84. The summed E-state index contributed by atoms with van der Waals surface area (Å²) in [6, 6.07) is 11.4. The zero-order valence-corrected chi connectivity index (χ0v) is 12.1. The van der Waals surface area contributed by atoms with Crippen LogP contribution in [-0.2, 0) is 6.42 Å². The van der Waals surface area contributed by atoms with E-state index in [-0.39, 0.29) is 0 Å². The van der Waals surface area contributed by atoms with Crippen LogP contribution in [0.2, 0.25) is 0 Å². The third-order valence-corrected chi connectivity index (χ3v) is 4.30. The minimum absolute atomic E-state index is 0.618. The molecule has 1 saturated heterocycles. The van der Waals surface area contributed by atoms with Crippen LogP contribution in [0.15, 0.2) is 30.3 Å². The fraction of sp³-hybridized carbons (Fsp3) is 0.600. The zero-order chi connectivity index (χ0) is 12.6. The van der Waals surface area contributed by atoms with E-state index >= 15 is 0 Å². The molecule has 0 saturated carbocycles. The molecule has 1 aliphatic heterocycles. The van der Waals surface area contributed by atoms with Crippen LogP contribution in [0.3, 0.4) is 0 Å². The minimum Gasteiger partial charge on any atom is -0.311 e. The first-order chi connectivity index (χ1) is 8.88. The van der Waals surface area contributed by atoms with Gasteiger partial charge in [-0.3, -0.25) is 4.90 Å². The van der Waals surface area contributed by atoms with Crippen LogP contribution in [0.5, 0.6) is 0 Å². The summed E-state index contributed by atoms with van der Waals surface area (Å²) in [6.07, 6.45) is 1.15. The van der Waals surface area contributed by atoms with Gasteiger partial charge >= 0.3 is 0 Å². The Bertz CT molecular complexity index is 329. The third-order valence-electron chi connectivity index (χ3n) is 3.42. The van der Waals surface area contributed by atoms with Gasteiger partial charge in [0.05, 0.1) is 0 Å². The smallest absolute Gasteiger partial charge is 0.0235 e. The van der Waals surface area contributed by atoms with E-state index in [1.54, 1.807) is 0 Å². The lowest BCUT2D eigenvalue weighted by atomic mass is 10.0. The van der Waals surface area contributed by atoms with Crippen LogP contribution in [0.1, 0.15) is 12.5 Å². The molecule has 18 heavy (non-hydrogen) atoms. The first-order valence-corrected chi connectivity index (χ1v) is 8.11. The summed E-state index contributed by atoms with van der Waals surface area (Å²) in [7, 11) is 0. The summed E-state index contributed by atoms with van der Waals surface area (Å²) >= 11 is 2.04. The molecule has 1 aromatic rings. The Morgan fingerprint density at radius 2 is 2.17 bits per heavy atom. The van der Waals surface area contributed by atoms with Crippen molar-refractivity contribution in [2.75, 3.05) is 37.7 Å². The van der Waals surface area contributed by atoms with E-state index in [9.17, 15) is 0 Å². The van der Waals surface area contributed by atoms with Crippen molar-refractivity contribution >= 4 is 11.8 Å². The number of nitrogens with one attached hydrogen (secondary N) is 1. The van der Waals surface area contributed by atoms with E-state index in [1.807, 2.05) is 11.8 Å². The highest BCUT2D eigenvalue weighted by molar-refractivity contribution is 7.99. The normalized spacial score (nSPS) is 21.1. The lowest BCUT2D eigenvalue weighted by Crippen LogP contribution is -2.52. The van der Waals surface area contributed by atoms with Gasteiger partial charge in [0, 0.05) is 38.0 Å². The summed E-state index contributed by atoms with van der Waals surface area (Å²) in [6.45, 7) is 7.01. The Balaban J connectivity index is 1.76. The second-order valence-corrected chi connectivity index (χ2v) is 6.23. The van der Waals surface area contributed by atoms with Crippen molar-refractivity contribution in [2.45, 2.75) is 19.4 Å². The van der Waals surface area contributed by atoms with E-state index in [0.29, 0.717) is 6.04 Å². The van der Waals surface area contributed by atoms with Crippen molar-refractivity contribution in [1.29, 1.82) is 0 Å². The summed E-state index contributed by atoms with van der Waals surface area (Å²) in [5.41, 5.74) is 1.44. The van der Waals surface area contributed by atoms with Crippen LogP contribution < -0.4 is 5.32 Å². The van der Waals surface area contributed by atoms with Crippen molar-refractivity contribution in [3.63, 3.8) is 0 Å². The van der Waals surface area contributed by atoms with Gasteiger partial charge < -0.3 is 5.32 Å². The largest absolute Gasteiger partial charge is 0.311 e. The van der Waals surface area contributed by atoms with Crippen molar-refractivity contribution in [3.8, 4) is 0 Å². The summed E-state index contributed by atoms with van der Waals surface area (Å²) < 4.78 is 0. The molecule has 0 spiro atoms. The quantitative estimate of drug-likeness (QED) is 0.794. The summed E-state index contributed by atoms with van der Waals surface area (Å²) in [5, 5.41) is 3.64. The van der Waals surface area contributed by atoms with Gasteiger partial charge in [-0.2, -0.15) is 11.8 Å². The summed E-state index contributed by atoms with van der Waals surface area (Å²) in [5.74, 6) is 2.51. The lowest BCUT2D eigenvalue weighted by molar-refractivity contribution is 0.210. The van der Waals surface area contributed by atoms with Crippen molar-refractivity contribution in [1.82, 2.24) is 10.2 Å². The molecule has 1 unspecified atom stereocenters. The summed E-state index contributed by atoms with van der Waals surface area (Å²) in [4.78, 5) is 2.60. The molecule has 0 aliphatic carbocycles. The fourth-order valence-electron chi connectivity index (χ4n) is 2.47. The lowest BCUT2D eigenvalue weighted by Gasteiger charge is -2.33. The van der Waals surface area contributed by atoms with E-state index in [0.717, 1.165) is 13.0 Å². The van der Waals surface area contributed by atoms with Gasteiger partial charge in [0.25, 0.3) is 0 Å². The van der Waals surface area contributed by atoms with E-state index in [2.05, 4.69) is 47.5 Å². The predicted octanol–water partition coefficient (Wildman–Crippen LogP) is 2.26. The Labute approximate surface area is 115 Å². The molecule has 1 fully saturated rings.